The molecule has 1 unspecified atom stereocenters. The molecule has 5 nitrogen and oxygen atoms in total. The van der Waals surface area contributed by atoms with Crippen LogP contribution < -0.4 is 10.1 Å². The highest BCUT2D eigenvalue weighted by molar-refractivity contribution is 5.99. The van der Waals surface area contributed by atoms with E-state index in [0.717, 1.165) is 21.9 Å². The van der Waals surface area contributed by atoms with Crippen molar-refractivity contribution in [2.45, 2.75) is 39.8 Å². The molecule has 0 aliphatic heterocycles. The van der Waals surface area contributed by atoms with Crippen molar-refractivity contribution >= 4 is 16.7 Å². The van der Waals surface area contributed by atoms with Gasteiger partial charge in [-0.15, -0.1) is 0 Å². The van der Waals surface area contributed by atoms with Crippen molar-refractivity contribution in [1.82, 2.24) is 15.3 Å². The average molecular weight is 349 g/mol. The molecule has 134 valence electrons. The van der Waals surface area contributed by atoms with Crippen molar-refractivity contribution in [2.75, 3.05) is 0 Å². The Labute approximate surface area is 153 Å². The zero-order valence-electron chi connectivity index (χ0n) is 15.5. The van der Waals surface area contributed by atoms with Gasteiger partial charge in [-0.2, -0.15) is 0 Å². The number of carbonyl (C=O) groups excluding carboxylic acids is 1. The van der Waals surface area contributed by atoms with Gasteiger partial charge in [-0.3, -0.25) is 4.79 Å². The predicted octanol–water partition coefficient (Wildman–Crippen LogP) is 3.90. The summed E-state index contributed by atoms with van der Waals surface area (Å²) in [6.07, 6.45) is 2.97. The highest BCUT2D eigenvalue weighted by Crippen LogP contribution is 2.37. The first-order valence-corrected chi connectivity index (χ1v) is 8.73. The van der Waals surface area contributed by atoms with Crippen LogP contribution in [0.4, 0.5) is 0 Å². The Morgan fingerprint density at radius 2 is 1.73 bits per heavy atom. The van der Waals surface area contributed by atoms with Crippen LogP contribution in [-0.2, 0) is 4.79 Å². The van der Waals surface area contributed by atoms with E-state index in [4.69, 9.17) is 4.74 Å². The number of nitrogens with one attached hydrogen (secondary N) is 1. The third kappa shape index (κ3) is 3.82. The van der Waals surface area contributed by atoms with Gasteiger partial charge in [0.25, 0.3) is 5.91 Å². The summed E-state index contributed by atoms with van der Waals surface area (Å²) in [7, 11) is 0. The summed E-state index contributed by atoms with van der Waals surface area (Å²) in [6.45, 7) is 7.45. The molecule has 1 atom stereocenters. The zero-order valence-corrected chi connectivity index (χ0v) is 15.5. The molecule has 2 aromatic carbocycles. The molecule has 0 aliphatic rings. The van der Waals surface area contributed by atoms with Gasteiger partial charge in [-0.25, -0.2) is 9.97 Å². The number of aromatic nitrogens is 2. The molecule has 0 aliphatic carbocycles. The maximum Gasteiger partial charge on any atom is 0.260 e. The Morgan fingerprint density at radius 1 is 1.04 bits per heavy atom. The molecule has 5 heteroatoms. The summed E-state index contributed by atoms with van der Waals surface area (Å²) in [5, 5.41) is 5.01. The highest BCUT2D eigenvalue weighted by atomic mass is 16.5. The number of hydrogen-bond acceptors (Lipinski definition) is 4. The van der Waals surface area contributed by atoms with E-state index < -0.39 is 6.10 Å². The quantitative estimate of drug-likeness (QED) is 0.759. The van der Waals surface area contributed by atoms with Crippen molar-refractivity contribution < 1.29 is 9.53 Å². The lowest BCUT2D eigenvalue weighted by Gasteiger charge is -2.19. The first-order valence-electron chi connectivity index (χ1n) is 8.73. The van der Waals surface area contributed by atoms with Gasteiger partial charge >= 0.3 is 0 Å². The van der Waals surface area contributed by atoms with E-state index >= 15 is 0 Å². The van der Waals surface area contributed by atoms with Crippen LogP contribution in [0.1, 0.15) is 26.6 Å². The van der Waals surface area contributed by atoms with Crippen LogP contribution >= 0.6 is 0 Å². The van der Waals surface area contributed by atoms with Gasteiger partial charge in [0.2, 0.25) is 0 Å². The molecule has 3 aromatic rings. The summed E-state index contributed by atoms with van der Waals surface area (Å²) in [6, 6.07) is 12.0. The Morgan fingerprint density at radius 3 is 2.42 bits per heavy atom. The Hall–Kier alpha value is -2.95. The Balaban J connectivity index is 2.06. The van der Waals surface area contributed by atoms with Crippen molar-refractivity contribution in [3.63, 3.8) is 0 Å². The number of fused-ring (bicyclic) bond motifs is 1. The van der Waals surface area contributed by atoms with Gasteiger partial charge in [0, 0.05) is 29.6 Å². The first-order chi connectivity index (χ1) is 12.5. The van der Waals surface area contributed by atoms with Crippen LogP contribution in [0.25, 0.3) is 21.9 Å². The third-order valence-corrected chi connectivity index (χ3v) is 4.06. The SMILES string of the molecule is Cc1ncc(-c2c(OC(C)C(=O)NC(C)C)ccc3ccccc23)cn1. The Kier molecular flexibility index (Phi) is 5.16. The second kappa shape index (κ2) is 7.52. The number of ether oxygens (including phenoxy) is 1. The Bertz CT molecular complexity index is 920. The maximum absolute atomic E-state index is 12.3. The van der Waals surface area contributed by atoms with Crippen LogP contribution in [0, 0.1) is 6.92 Å². The topological polar surface area (TPSA) is 64.1 Å². The van der Waals surface area contributed by atoms with Crippen LogP contribution in [0.2, 0.25) is 0 Å². The number of nitrogens with zero attached hydrogens (tertiary/aromatic N) is 2. The molecule has 1 heterocycles. The molecule has 0 spiro atoms. The fourth-order valence-corrected chi connectivity index (χ4v) is 2.82. The van der Waals surface area contributed by atoms with E-state index in [1.54, 1.807) is 19.3 Å². The van der Waals surface area contributed by atoms with E-state index in [0.29, 0.717) is 11.6 Å². The molecule has 1 N–H and O–H groups in total. The van der Waals surface area contributed by atoms with Crippen molar-refractivity contribution in [2.24, 2.45) is 0 Å². The van der Waals surface area contributed by atoms with Gasteiger partial charge in [0.15, 0.2) is 6.10 Å². The molecular weight excluding hydrogens is 326 g/mol. The summed E-state index contributed by atoms with van der Waals surface area (Å²) in [4.78, 5) is 20.9. The smallest absolute Gasteiger partial charge is 0.260 e. The molecule has 0 fully saturated rings. The molecule has 0 saturated heterocycles. The molecule has 1 aromatic heterocycles. The van der Waals surface area contributed by atoms with E-state index in [1.807, 2.05) is 57.2 Å². The van der Waals surface area contributed by atoms with Gasteiger partial charge in [-0.1, -0.05) is 30.3 Å². The lowest BCUT2D eigenvalue weighted by molar-refractivity contribution is -0.127. The van der Waals surface area contributed by atoms with E-state index in [1.165, 1.54) is 0 Å². The number of aryl methyl sites for hydroxylation is 1. The second-order valence-corrected chi connectivity index (χ2v) is 6.60. The van der Waals surface area contributed by atoms with Crippen molar-refractivity contribution in [3.8, 4) is 16.9 Å². The summed E-state index contributed by atoms with van der Waals surface area (Å²) in [5.74, 6) is 1.21. The second-order valence-electron chi connectivity index (χ2n) is 6.60. The van der Waals surface area contributed by atoms with Gasteiger partial charge < -0.3 is 10.1 Å². The number of benzene rings is 2. The lowest BCUT2D eigenvalue weighted by atomic mass is 9.99. The minimum atomic E-state index is -0.608. The van der Waals surface area contributed by atoms with Crippen LogP contribution in [0.5, 0.6) is 5.75 Å². The average Bonchev–Trinajstić information content (AvgIpc) is 2.62. The van der Waals surface area contributed by atoms with Crippen LogP contribution in [-0.4, -0.2) is 28.0 Å². The maximum atomic E-state index is 12.3. The molecule has 1 amide bonds. The molecular formula is C21H23N3O2. The van der Waals surface area contributed by atoms with Crippen LogP contribution in [0.15, 0.2) is 48.8 Å². The van der Waals surface area contributed by atoms with E-state index in [2.05, 4.69) is 15.3 Å². The van der Waals surface area contributed by atoms with Crippen molar-refractivity contribution in [1.29, 1.82) is 0 Å². The minimum Gasteiger partial charge on any atom is -0.480 e. The standard InChI is InChI=1S/C21H23N3O2/c1-13(2)24-21(25)14(3)26-19-10-9-16-7-5-6-8-18(16)20(19)17-11-22-15(4)23-12-17/h5-14H,1-4H3,(H,24,25). The molecule has 0 bridgehead atoms. The monoisotopic (exact) mass is 349 g/mol. The predicted molar refractivity (Wildman–Crippen MR) is 103 cm³/mol. The fourth-order valence-electron chi connectivity index (χ4n) is 2.82. The van der Waals surface area contributed by atoms with Gasteiger partial charge in [0.05, 0.1) is 0 Å². The third-order valence-electron chi connectivity index (χ3n) is 4.06. The molecule has 0 saturated carbocycles. The molecule has 0 radical (unpaired) electrons. The zero-order chi connectivity index (χ0) is 18.7. The summed E-state index contributed by atoms with van der Waals surface area (Å²) in [5.41, 5.74) is 1.76. The summed E-state index contributed by atoms with van der Waals surface area (Å²) < 4.78 is 6.03. The number of hydrogen-bond donors (Lipinski definition) is 1. The lowest BCUT2D eigenvalue weighted by Crippen LogP contribution is -2.40. The van der Waals surface area contributed by atoms with E-state index in [-0.39, 0.29) is 11.9 Å². The van der Waals surface area contributed by atoms with E-state index in [9.17, 15) is 4.79 Å². The van der Waals surface area contributed by atoms with Gasteiger partial charge in [0.1, 0.15) is 11.6 Å². The summed E-state index contributed by atoms with van der Waals surface area (Å²) >= 11 is 0. The largest absolute Gasteiger partial charge is 0.480 e. The normalized spacial score (nSPS) is 12.2. The molecule has 3 rings (SSSR count). The number of carbonyl (C=O) groups is 1. The van der Waals surface area contributed by atoms with Crippen molar-refractivity contribution in [3.05, 3.63) is 54.6 Å². The minimum absolute atomic E-state index is 0.0649. The first kappa shape index (κ1) is 17.9. The molecule has 26 heavy (non-hydrogen) atoms. The number of amides is 1. The highest BCUT2D eigenvalue weighted by Gasteiger charge is 2.19. The number of rotatable bonds is 5. The van der Waals surface area contributed by atoms with Crippen LogP contribution in [0.3, 0.4) is 0 Å². The fraction of sp³-hybridized carbons (Fsp3) is 0.286. The van der Waals surface area contributed by atoms with Gasteiger partial charge in [-0.05, 0) is 44.5 Å².